The average molecular weight is 223 g/mol. The van der Waals surface area contributed by atoms with Crippen LogP contribution in [0, 0.1) is 0 Å². The molecule has 2 rings (SSSR count). The van der Waals surface area contributed by atoms with Gasteiger partial charge in [0.2, 0.25) is 0 Å². The van der Waals surface area contributed by atoms with E-state index >= 15 is 0 Å². The average Bonchev–Trinajstić information content (AvgIpc) is 2.89. The highest BCUT2D eigenvalue weighted by Crippen LogP contribution is 2.18. The predicted octanol–water partition coefficient (Wildman–Crippen LogP) is 0.482. The Morgan fingerprint density at radius 1 is 1.56 bits per heavy atom. The monoisotopic (exact) mass is 223 g/mol. The summed E-state index contributed by atoms with van der Waals surface area (Å²) < 4.78 is 1.98. The zero-order valence-corrected chi connectivity index (χ0v) is 10.2. The molecule has 0 radical (unpaired) electrons. The summed E-state index contributed by atoms with van der Waals surface area (Å²) in [6, 6.07) is 0.659. The number of likely N-dealkylation sites (tertiary alicyclic amines) is 1. The maximum absolute atomic E-state index is 4.33. The van der Waals surface area contributed by atoms with Crippen molar-refractivity contribution in [2.75, 3.05) is 20.1 Å². The molecule has 1 N–H and O–H groups in total. The molecule has 0 amide bonds. The Morgan fingerprint density at radius 3 is 3.19 bits per heavy atom. The number of aryl methyl sites for hydroxylation is 1. The molecule has 1 unspecified atom stereocenters. The number of rotatable bonds is 5. The SMILES string of the molecule is CCn1ncnc1CN1CCCC1CNC. The van der Waals surface area contributed by atoms with Crippen LogP contribution in [0.3, 0.4) is 0 Å². The lowest BCUT2D eigenvalue weighted by Gasteiger charge is -2.23. The Kier molecular flexibility index (Phi) is 3.90. The van der Waals surface area contributed by atoms with Crippen molar-refractivity contribution in [2.45, 2.75) is 38.9 Å². The minimum atomic E-state index is 0.659. The van der Waals surface area contributed by atoms with Crippen molar-refractivity contribution < 1.29 is 0 Å². The minimum absolute atomic E-state index is 0.659. The number of nitrogens with one attached hydrogen (secondary N) is 1. The Balaban J connectivity index is 1.98. The molecule has 5 heteroatoms. The van der Waals surface area contributed by atoms with Crippen LogP contribution in [0.15, 0.2) is 6.33 Å². The van der Waals surface area contributed by atoms with E-state index in [0.29, 0.717) is 6.04 Å². The van der Waals surface area contributed by atoms with Gasteiger partial charge in [0.05, 0.1) is 6.54 Å². The molecular formula is C11H21N5. The van der Waals surface area contributed by atoms with Gasteiger partial charge in [-0.3, -0.25) is 4.90 Å². The van der Waals surface area contributed by atoms with Crippen LogP contribution in [0.1, 0.15) is 25.6 Å². The molecule has 0 aliphatic carbocycles. The fraction of sp³-hybridized carbons (Fsp3) is 0.818. The van der Waals surface area contributed by atoms with E-state index < -0.39 is 0 Å². The molecule has 1 fully saturated rings. The standard InChI is InChI=1S/C11H21N5/c1-3-16-11(13-9-14-16)8-15-6-4-5-10(15)7-12-2/h9-10,12H,3-8H2,1-2H3. The molecule has 1 saturated heterocycles. The summed E-state index contributed by atoms with van der Waals surface area (Å²) in [4.78, 5) is 6.84. The number of nitrogens with zero attached hydrogens (tertiary/aromatic N) is 4. The Bertz CT molecular complexity index is 322. The van der Waals surface area contributed by atoms with Crippen LogP contribution in [-0.2, 0) is 13.1 Å². The third-order valence-corrected chi connectivity index (χ3v) is 3.28. The van der Waals surface area contributed by atoms with Gasteiger partial charge in [0.25, 0.3) is 0 Å². The Labute approximate surface area is 96.8 Å². The van der Waals surface area contributed by atoms with Crippen LogP contribution in [0.4, 0.5) is 0 Å². The first-order chi connectivity index (χ1) is 7.85. The van der Waals surface area contributed by atoms with Crippen LogP contribution in [0.2, 0.25) is 0 Å². The van der Waals surface area contributed by atoms with E-state index in [2.05, 4.69) is 27.2 Å². The van der Waals surface area contributed by atoms with E-state index in [9.17, 15) is 0 Å². The summed E-state index contributed by atoms with van der Waals surface area (Å²) in [5.41, 5.74) is 0. The first kappa shape index (κ1) is 11.5. The van der Waals surface area contributed by atoms with E-state index in [1.807, 2.05) is 11.7 Å². The lowest BCUT2D eigenvalue weighted by molar-refractivity contribution is 0.232. The van der Waals surface area contributed by atoms with Gasteiger partial charge >= 0.3 is 0 Å². The molecule has 90 valence electrons. The van der Waals surface area contributed by atoms with Gasteiger partial charge in [-0.05, 0) is 33.4 Å². The molecule has 1 aromatic heterocycles. The molecule has 16 heavy (non-hydrogen) atoms. The van der Waals surface area contributed by atoms with Gasteiger partial charge in [0.15, 0.2) is 0 Å². The quantitative estimate of drug-likeness (QED) is 0.789. The van der Waals surface area contributed by atoms with Crippen molar-refractivity contribution in [2.24, 2.45) is 0 Å². The van der Waals surface area contributed by atoms with Gasteiger partial charge in [0, 0.05) is 19.1 Å². The summed E-state index contributed by atoms with van der Waals surface area (Å²) in [5, 5.41) is 7.47. The van der Waals surface area contributed by atoms with Crippen molar-refractivity contribution in [3.05, 3.63) is 12.2 Å². The Morgan fingerprint density at radius 2 is 2.44 bits per heavy atom. The zero-order valence-electron chi connectivity index (χ0n) is 10.2. The van der Waals surface area contributed by atoms with E-state index in [1.165, 1.54) is 19.4 Å². The third-order valence-electron chi connectivity index (χ3n) is 3.28. The van der Waals surface area contributed by atoms with Crippen molar-refractivity contribution in [1.29, 1.82) is 0 Å². The Hall–Kier alpha value is -0.940. The molecule has 1 aliphatic rings. The van der Waals surface area contributed by atoms with Crippen molar-refractivity contribution in [3.63, 3.8) is 0 Å². The van der Waals surface area contributed by atoms with Crippen molar-refractivity contribution in [3.8, 4) is 0 Å². The molecule has 0 saturated carbocycles. The topological polar surface area (TPSA) is 46.0 Å². The molecular weight excluding hydrogens is 202 g/mol. The predicted molar refractivity (Wildman–Crippen MR) is 63.1 cm³/mol. The van der Waals surface area contributed by atoms with Crippen LogP contribution >= 0.6 is 0 Å². The van der Waals surface area contributed by atoms with Crippen LogP contribution in [-0.4, -0.2) is 45.8 Å². The van der Waals surface area contributed by atoms with Gasteiger partial charge in [-0.25, -0.2) is 9.67 Å². The summed E-state index contributed by atoms with van der Waals surface area (Å²) in [5.74, 6) is 1.09. The smallest absolute Gasteiger partial charge is 0.141 e. The van der Waals surface area contributed by atoms with Crippen LogP contribution in [0.25, 0.3) is 0 Å². The maximum Gasteiger partial charge on any atom is 0.141 e. The number of likely N-dealkylation sites (N-methyl/N-ethyl adjacent to an activating group) is 1. The fourth-order valence-corrected chi connectivity index (χ4v) is 2.43. The van der Waals surface area contributed by atoms with Crippen molar-refractivity contribution in [1.82, 2.24) is 25.0 Å². The fourth-order valence-electron chi connectivity index (χ4n) is 2.43. The third kappa shape index (κ3) is 2.41. The maximum atomic E-state index is 4.33. The first-order valence-corrected chi connectivity index (χ1v) is 6.10. The van der Waals surface area contributed by atoms with Gasteiger partial charge in [0.1, 0.15) is 12.2 Å². The zero-order chi connectivity index (χ0) is 11.4. The highest BCUT2D eigenvalue weighted by atomic mass is 15.3. The van der Waals surface area contributed by atoms with E-state index in [0.717, 1.165) is 25.5 Å². The largest absolute Gasteiger partial charge is 0.318 e. The van der Waals surface area contributed by atoms with Crippen molar-refractivity contribution >= 4 is 0 Å². The molecule has 2 heterocycles. The molecule has 0 bridgehead atoms. The van der Waals surface area contributed by atoms with Gasteiger partial charge in [-0.15, -0.1) is 0 Å². The number of hydrogen-bond acceptors (Lipinski definition) is 4. The van der Waals surface area contributed by atoms with E-state index in [1.54, 1.807) is 6.33 Å². The number of hydrogen-bond donors (Lipinski definition) is 1. The molecule has 0 aromatic carbocycles. The highest BCUT2D eigenvalue weighted by molar-refractivity contribution is 4.89. The lowest BCUT2D eigenvalue weighted by Crippen LogP contribution is -2.37. The van der Waals surface area contributed by atoms with E-state index in [-0.39, 0.29) is 0 Å². The lowest BCUT2D eigenvalue weighted by atomic mass is 10.2. The molecule has 1 atom stereocenters. The van der Waals surface area contributed by atoms with E-state index in [4.69, 9.17) is 0 Å². The van der Waals surface area contributed by atoms with Crippen LogP contribution in [0.5, 0.6) is 0 Å². The summed E-state index contributed by atoms with van der Waals surface area (Å²) >= 11 is 0. The minimum Gasteiger partial charge on any atom is -0.318 e. The molecule has 0 spiro atoms. The molecule has 1 aromatic rings. The second kappa shape index (κ2) is 5.41. The first-order valence-electron chi connectivity index (χ1n) is 6.10. The molecule has 1 aliphatic heterocycles. The summed E-state index contributed by atoms with van der Waals surface area (Å²) in [7, 11) is 2.02. The summed E-state index contributed by atoms with van der Waals surface area (Å²) in [6.07, 6.45) is 4.25. The van der Waals surface area contributed by atoms with Gasteiger partial charge in [-0.2, -0.15) is 5.10 Å². The van der Waals surface area contributed by atoms with Crippen LogP contribution < -0.4 is 5.32 Å². The summed E-state index contributed by atoms with van der Waals surface area (Å²) in [6.45, 7) is 6.19. The highest BCUT2D eigenvalue weighted by Gasteiger charge is 2.24. The normalized spacial score (nSPS) is 21.8. The second-order valence-corrected chi connectivity index (χ2v) is 4.32. The molecule has 5 nitrogen and oxygen atoms in total. The number of aromatic nitrogens is 3. The second-order valence-electron chi connectivity index (χ2n) is 4.32. The van der Waals surface area contributed by atoms with Gasteiger partial charge in [-0.1, -0.05) is 0 Å². The van der Waals surface area contributed by atoms with Gasteiger partial charge < -0.3 is 5.32 Å².